The normalized spacial score (nSPS) is 11.3. The number of hydrogen-bond donors (Lipinski definition) is 2. The van der Waals surface area contributed by atoms with Crippen LogP contribution in [0.3, 0.4) is 0 Å². The van der Waals surface area contributed by atoms with Crippen molar-refractivity contribution in [2.75, 3.05) is 6.54 Å². The third kappa shape index (κ3) is 5.35. The SMILES string of the molecule is CC(C)(C)OC(=O)NCCc1cc(CO)on1. The molecule has 1 aromatic heterocycles. The van der Waals surface area contributed by atoms with Crippen LogP contribution < -0.4 is 5.32 Å². The first kappa shape index (κ1) is 13.5. The van der Waals surface area contributed by atoms with E-state index in [0.29, 0.717) is 24.4 Å². The lowest BCUT2D eigenvalue weighted by Gasteiger charge is -2.19. The maximum absolute atomic E-state index is 11.3. The van der Waals surface area contributed by atoms with Crippen molar-refractivity contribution in [3.05, 3.63) is 17.5 Å². The second kappa shape index (κ2) is 5.67. The van der Waals surface area contributed by atoms with Gasteiger partial charge < -0.3 is 19.7 Å². The zero-order chi connectivity index (χ0) is 12.9. The fourth-order valence-electron chi connectivity index (χ4n) is 1.15. The van der Waals surface area contributed by atoms with Crippen molar-refractivity contribution in [3.63, 3.8) is 0 Å². The van der Waals surface area contributed by atoms with E-state index in [-0.39, 0.29) is 6.61 Å². The standard InChI is InChI=1S/C11H18N2O4/c1-11(2,3)16-10(15)12-5-4-8-6-9(7-14)17-13-8/h6,14H,4-5,7H2,1-3H3,(H,12,15). The topological polar surface area (TPSA) is 84.6 Å². The number of carbonyl (C=O) groups is 1. The highest BCUT2D eigenvalue weighted by Crippen LogP contribution is 2.07. The van der Waals surface area contributed by atoms with Gasteiger partial charge in [0, 0.05) is 19.0 Å². The average Bonchev–Trinajstić information content (AvgIpc) is 2.63. The molecule has 0 bridgehead atoms. The fraction of sp³-hybridized carbons (Fsp3) is 0.636. The second-order valence-electron chi connectivity index (χ2n) is 4.62. The molecule has 0 aromatic carbocycles. The number of aliphatic hydroxyl groups is 1. The first-order valence-corrected chi connectivity index (χ1v) is 5.43. The molecule has 2 N–H and O–H groups in total. The Morgan fingerprint density at radius 1 is 1.59 bits per heavy atom. The van der Waals surface area contributed by atoms with Gasteiger partial charge in [0.05, 0.1) is 5.69 Å². The number of nitrogens with zero attached hydrogens (tertiary/aromatic N) is 1. The first-order chi connectivity index (χ1) is 7.90. The number of ether oxygens (including phenoxy) is 1. The second-order valence-corrected chi connectivity index (χ2v) is 4.62. The molecule has 1 rings (SSSR count). The lowest BCUT2D eigenvalue weighted by Crippen LogP contribution is -2.33. The Hall–Kier alpha value is -1.56. The minimum Gasteiger partial charge on any atom is -0.444 e. The molecule has 1 aromatic rings. The van der Waals surface area contributed by atoms with E-state index in [1.165, 1.54) is 0 Å². The fourth-order valence-corrected chi connectivity index (χ4v) is 1.15. The number of aromatic nitrogens is 1. The molecule has 96 valence electrons. The molecular weight excluding hydrogens is 224 g/mol. The van der Waals surface area contributed by atoms with Gasteiger partial charge in [-0.2, -0.15) is 0 Å². The highest BCUT2D eigenvalue weighted by molar-refractivity contribution is 5.67. The minimum absolute atomic E-state index is 0.174. The zero-order valence-corrected chi connectivity index (χ0v) is 10.3. The smallest absolute Gasteiger partial charge is 0.407 e. The number of carbonyl (C=O) groups excluding carboxylic acids is 1. The Labute approximate surface area is 99.9 Å². The number of hydrogen-bond acceptors (Lipinski definition) is 5. The van der Waals surface area contributed by atoms with Gasteiger partial charge in [-0.3, -0.25) is 0 Å². The highest BCUT2D eigenvalue weighted by atomic mass is 16.6. The number of aliphatic hydroxyl groups excluding tert-OH is 1. The van der Waals surface area contributed by atoms with Crippen LogP contribution in [-0.2, 0) is 17.8 Å². The van der Waals surface area contributed by atoms with Gasteiger partial charge in [0.2, 0.25) is 0 Å². The van der Waals surface area contributed by atoms with Gasteiger partial charge in [-0.05, 0) is 20.8 Å². The summed E-state index contributed by atoms with van der Waals surface area (Å²) < 4.78 is 9.88. The van der Waals surface area contributed by atoms with Crippen molar-refractivity contribution in [2.24, 2.45) is 0 Å². The Balaban J connectivity index is 2.26. The Bertz CT molecular complexity index is 368. The van der Waals surface area contributed by atoms with Crippen molar-refractivity contribution in [3.8, 4) is 0 Å². The maximum Gasteiger partial charge on any atom is 0.407 e. The number of rotatable bonds is 4. The molecular formula is C11H18N2O4. The average molecular weight is 242 g/mol. The summed E-state index contributed by atoms with van der Waals surface area (Å²) in [7, 11) is 0. The lowest BCUT2D eigenvalue weighted by molar-refractivity contribution is 0.0528. The van der Waals surface area contributed by atoms with Gasteiger partial charge >= 0.3 is 6.09 Å². The molecule has 0 fully saturated rings. The van der Waals surface area contributed by atoms with Crippen LogP contribution in [0.5, 0.6) is 0 Å². The molecule has 0 saturated heterocycles. The minimum atomic E-state index is -0.498. The van der Waals surface area contributed by atoms with E-state index >= 15 is 0 Å². The van der Waals surface area contributed by atoms with E-state index in [2.05, 4.69) is 10.5 Å². The summed E-state index contributed by atoms with van der Waals surface area (Å²) in [6.07, 6.45) is 0.0753. The summed E-state index contributed by atoms with van der Waals surface area (Å²) in [6.45, 7) is 5.64. The van der Waals surface area contributed by atoms with Crippen molar-refractivity contribution < 1.29 is 19.2 Å². The van der Waals surface area contributed by atoms with Gasteiger partial charge in [-0.25, -0.2) is 4.79 Å². The van der Waals surface area contributed by atoms with E-state index in [1.54, 1.807) is 26.8 Å². The molecule has 0 radical (unpaired) electrons. The highest BCUT2D eigenvalue weighted by Gasteiger charge is 2.15. The van der Waals surface area contributed by atoms with Gasteiger partial charge in [0.1, 0.15) is 12.2 Å². The van der Waals surface area contributed by atoms with Crippen molar-refractivity contribution >= 4 is 6.09 Å². The van der Waals surface area contributed by atoms with E-state index in [0.717, 1.165) is 0 Å². The molecule has 0 spiro atoms. The molecule has 0 atom stereocenters. The predicted molar refractivity (Wildman–Crippen MR) is 60.4 cm³/mol. The predicted octanol–water partition coefficient (Wildman–Crippen LogP) is 1.23. The number of nitrogens with one attached hydrogen (secondary N) is 1. The first-order valence-electron chi connectivity index (χ1n) is 5.43. The van der Waals surface area contributed by atoms with Crippen LogP contribution in [0.1, 0.15) is 32.2 Å². The summed E-state index contributed by atoms with van der Waals surface area (Å²) in [5, 5.41) is 15.1. The summed E-state index contributed by atoms with van der Waals surface area (Å²) >= 11 is 0. The molecule has 1 heterocycles. The van der Waals surface area contributed by atoms with Crippen LogP contribution in [0.2, 0.25) is 0 Å². The van der Waals surface area contributed by atoms with Gasteiger partial charge in [-0.1, -0.05) is 5.16 Å². The zero-order valence-electron chi connectivity index (χ0n) is 10.3. The largest absolute Gasteiger partial charge is 0.444 e. The van der Waals surface area contributed by atoms with Crippen LogP contribution in [0.25, 0.3) is 0 Å². The van der Waals surface area contributed by atoms with E-state index in [4.69, 9.17) is 14.4 Å². The molecule has 0 saturated carbocycles. The summed E-state index contributed by atoms with van der Waals surface area (Å²) in [4.78, 5) is 11.3. The molecule has 0 aliphatic carbocycles. The number of amides is 1. The Kier molecular flexibility index (Phi) is 4.51. The molecule has 1 amide bonds. The monoisotopic (exact) mass is 242 g/mol. The van der Waals surface area contributed by atoms with Gasteiger partial charge in [-0.15, -0.1) is 0 Å². The van der Waals surface area contributed by atoms with Crippen molar-refractivity contribution in [1.82, 2.24) is 10.5 Å². The van der Waals surface area contributed by atoms with Crippen LogP contribution >= 0.6 is 0 Å². The molecule has 17 heavy (non-hydrogen) atoms. The van der Waals surface area contributed by atoms with Crippen LogP contribution in [-0.4, -0.2) is 28.5 Å². The number of alkyl carbamates (subject to hydrolysis) is 1. The Morgan fingerprint density at radius 3 is 2.82 bits per heavy atom. The lowest BCUT2D eigenvalue weighted by atomic mass is 10.2. The van der Waals surface area contributed by atoms with Crippen LogP contribution in [0.4, 0.5) is 4.79 Å². The summed E-state index contributed by atoms with van der Waals surface area (Å²) in [6, 6.07) is 1.65. The quantitative estimate of drug-likeness (QED) is 0.829. The summed E-state index contributed by atoms with van der Waals surface area (Å²) in [5.41, 5.74) is 0.187. The molecule has 6 heteroatoms. The molecule has 0 aliphatic rings. The van der Waals surface area contributed by atoms with Crippen LogP contribution in [0.15, 0.2) is 10.6 Å². The van der Waals surface area contributed by atoms with Crippen molar-refractivity contribution in [2.45, 2.75) is 39.4 Å². The maximum atomic E-state index is 11.3. The van der Waals surface area contributed by atoms with Crippen molar-refractivity contribution in [1.29, 1.82) is 0 Å². The molecule has 6 nitrogen and oxygen atoms in total. The van der Waals surface area contributed by atoms with Gasteiger partial charge in [0.15, 0.2) is 5.76 Å². The van der Waals surface area contributed by atoms with Crippen LogP contribution in [0, 0.1) is 0 Å². The Morgan fingerprint density at radius 2 is 2.29 bits per heavy atom. The third-order valence-corrected chi connectivity index (χ3v) is 1.81. The van der Waals surface area contributed by atoms with E-state index in [1.807, 2.05) is 0 Å². The third-order valence-electron chi connectivity index (χ3n) is 1.81. The van der Waals surface area contributed by atoms with E-state index < -0.39 is 11.7 Å². The van der Waals surface area contributed by atoms with Gasteiger partial charge in [0.25, 0.3) is 0 Å². The molecule has 0 unspecified atom stereocenters. The summed E-state index contributed by atoms with van der Waals surface area (Å²) in [5.74, 6) is 0.414. The molecule has 0 aliphatic heterocycles. The van der Waals surface area contributed by atoms with E-state index in [9.17, 15) is 4.79 Å².